The number of rotatable bonds is 6. The molecular formula is C13H18BrIN4. The second-order valence-corrected chi connectivity index (χ2v) is 6.85. The minimum atomic E-state index is 0.592. The van der Waals surface area contributed by atoms with E-state index in [0.717, 1.165) is 38.3 Å². The van der Waals surface area contributed by atoms with E-state index in [-0.39, 0.29) is 0 Å². The maximum absolute atomic E-state index is 7.95. The van der Waals surface area contributed by atoms with E-state index in [1.54, 1.807) is 0 Å². The molecule has 1 saturated carbocycles. The molecule has 0 aromatic carbocycles. The van der Waals surface area contributed by atoms with Crippen molar-refractivity contribution >= 4 is 44.2 Å². The fourth-order valence-electron chi connectivity index (χ4n) is 1.86. The molecule has 1 aromatic heterocycles. The molecule has 4 nitrogen and oxygen atoms in total. The van der Waals surface area contributed by atoms with E-state index in [2.05, 4.69) is 48.9 Å². The molecule has 0 bridgehead atoms. The Morgan fingerprint density at radius 3 is 2.79 bits per heavy atom. The highest BCUT2D eigenvalue weighted by Gasteiger charge is 2.21. The summed E-state index contributed by atoms with van der Waals surface area (Å²) >= 11 is 5.83. The van der Waals surface area contributed by atoms with Gasteiger partial charge in [-0.3, -0.25) is 4.68 Å². The maximum Gasteiger partial charge on any atom is 0.126 e. The molecule has 1 heterocycles. The van der Waals surface area contributed by atoms with Gasteiger partial charge in [0.05, 0.1) is 4.61 Å². The van der Waals surface area contributed by atoms with Crippen LogP contribution in [0.1, 0.15) is 25.3 Å². The zero-order valence-corrected chi connectivity index (χ0v) is 14.9. The fraction of sp³-hybridized carbons (Fsp3) is 0.538. The van der Waals surface area contributed by atoms with Gasteiger partial charge in [-0.25, -0.2) is 0 Å². The second kappa shape index (κ2) is 6.39. The molecule has 0 radical (unpaired) electrons. The number of halogens is 2. The van der Waals surface area contributed by atoms with Gasteiger partial charge in [0.25, 0.3) is 0 Å². The van der Waals surface area contributed by atoms with Gasteiger partial charge < -0.3 is 10.7 Å². The van der Waals surface area contributed by atoms with Crippen LogP contribution in [0.4, 0.5) is 0 Å². The van der Waals surface area contributed by atoms with Crippen LogP contribution in [0.15, 0.2) is 16.4 Å². The van der Waals surface area contributed by atoms with Crippen LogP contribution < -0.4 is 5.32 Å². The summed E-state index contributed by atoms with van der Waals surface area (Å²) in [6.45, 7) is 2.83. The Morgan fingerprint density at radius 2 is 2.32 bits per heavy atom. The first-order chi connectivity index (χ1) is 8.97. The highest BCUT2D eigenvalue weighted by molar-refractivity contribution is 14.1. The fourth-order valence-corrected chi connectivity index (χ4v) is 3.13. The summed E-state index contributed by atoms with van der Waals surface area (Å²) in [5.74, 6) is 0.818. The lowest BCUT2D eigenvalue weighted by atomic mass is 10.1. The van der Waals surface area contributed by atoms with Crippen molar-refractivity contribution in [3.63, 3.8) is 0 Å². The van der Waals surface area contributed by atoms with Crippen molar-refractivity contribution in [1.82, 2.24) is 15.1 Å². The number of aromatic nitrogens is 2. The molecule has 1 fully saturated rings. The molecule has 0 atom stereocenters. The van der Waals surface area contributed by atoms with Crippen LogP contribution in [-0.4, -0.2) is 22.0 Å². The SMILES string of the molecule is CC(=N)/C(Cc1cn(C)nc1I)=C(/Br)NCC1CC1. The molecule has 0 unspecified atom stereocenters. The smallest absolute Gasteiger partial charge is 0.126 e. The number of nitrogens with one attached hydrogen (secondary N) is 2. The van der Waals surface area contributed by atoms with Gasteiger partial charge in [-0.05, 0) is 64.2 Å². The summed E-state index contributed by atoms with van der Waals surface area (Å²) < 4.78 is 3.77. The number of hydrogen-bond donors (Lipinski definition) is 2. The lowest BCUT2D eigenvalue weighted by Gasteiger charge is -2.11. The van der Waals surface area contributed by atoms with Crippen LogP contribution in [0, 0.1) is 15.0 Å². The minimum Gasteiger partial charge on any atom is -0.379 e. The molecule has 1 aromatic rings. The Kier molecular flexibility index (Phi) is 5.05. The van der Waals surface area contributed by atoms with Gasteiger partial charge in [0.15, 0.2) is 0 Å². The summed E-state index contributed by atoms with van der Waals surface area (Å²) in [5, 5.41) is 15.7. The summed E-state index contributed by atoms with van der Waals surface area (Å²) in [4.78, 5) is 0. The van der Waals surface area contributed by atoms with Crippen molar-refractivity contribution in [2.45, 2.75) is 26.2 Å². The van der Waals surface area contributed by atoms with Crippen molar-refractivity contribution in [3.8, 4) is 0 Å². The van der Waals surface area contributed by atoms with Crippen LogP contribution in [-0.2, 0) is 13.5 Å². The molecule has 2 N–H and O–H groups in total. The topological polar surface area (TPSA) is 53.7 Å². The van der Waals surface area contributed by atoms with Crippen molar-refractivity contribution in [2.75, 3.05) is 6.54 Å². The van der Waals surface area contributed by atoms with E-state index in [1.165, 1.54) is 12.8 Å². The quantitative estimate of drug-likeness (QED) is 0.408. The zero-order valence-electron chi connectivity index (χ0n) is 11.1. The Balaban J connectivity index is 2.12. The average Bonchev–Trinajstić information content (AvgIpc) is 3.09. The largest absolute Gasteiger partial charge is 0.379 e. The molecule has 6 heteroatoms. The van der Waals surface area contributed by atoms with E-state index in [9.17, 15) is 0 Å². The Morgan fingerprint density at radius 1 is 1.63 bits per heavy atom. The summed E-state index contributed by atoms with van der Waals surface area (Å²) in [6, 6.07) is 0. The lowest BCUT2D eigenvalue weighted by molar-refractivity contribution is 0.738. The van der Waals surface area contributed by atoms with Gasteiger partial charge in [-0.15, -0.1) is 0 Å². The summed E-state index contributed by atoms with van der Waals surface area (Å²) in [7, 11) is 1.92. The van der Waals surface area contributed by atoms with Crippen LogP contribution in [0.5, 0.6) is 0 Å². The lowest BCUT2D eigenvalue weighted by Crippen LogP contribution is -2.17. The zero-order chi connectivity index (χ0) is 14.0. The molecule has 0 amide bonds. The Labute approximate surface area is 135 Å². The monoisotopic (exact) mass is 436 g/mol. The van der Waals surface area contributed by atoms with Crippen LogP contribution in [0.25, 0.3) is 0 Å². The third-order valence-electron chi connectivity index (χ3n) is 3.18. The Bertz CT molecular complexity index is 517. The van der Waals surface area contributed by atoms with Gasteiger partial charge in [-0.2, -0.15) is 5.10 Å². The first kappa shape index (κ1) is 15.0. The van der Waals surface area contributed by atoms with Crippen LogP contribution in [0.3, 0.4) is 0 Å². The van der Waals surface area contributed by atoms with E-state index < -0.39 is 0 Å². The number of allylic oxidation sites excluding steroid dienone is 1. The molecule has 1 aliphatic carbocycles. The molecule has 0 aliphatic heterocycles. The third-order valence-corrected chi connectivity index (χ3v) is 4.85. The first-order valence-electron chi connectivity index (χ1n) is 6.33. The van der Waals surface area contributed by atoms with Gasteiger partial charge in [0.2, 0.25) is 0 Å². The number of nitrogens with zero attached hydrogens (tertiary/aromatic N) is 2. The standard InChI is InChI=1S/C13H18BrIN4/c1-8(16)11(12(14)17-6-9-3-4-9)5-10-7-19(2)18-13(10)15/h7,9,16-17H,3-6H2,1-2H3/b12-11-,16-8?. The predicted octanol–water partition coefficient (Wildman–Crippen LogP) is 3.21. The van der Waals surface area contributed by atoms with E-state index in [0.29, 0.717) is 5.71 Å². The van der Waals surface area contributed by atoms with Crippen molar-refractivity contribution in [2.24, 2.45) is 13.0 Å². The highest BCUT2D eigenvalue weighted by Crippen LogP contribution is 2.28. The predicted molar refractivity (Wildman–Crippen MR) is 89.7 cm³/mol. The van der Waals surface area contributed by atoms with Crippen LogP contribution in [0.2, 0.25) is 0 Å². The van der Waals surface area contributed by atoms with Crippen molar-refractivity contribution in [1.29, 1.82) is 5.41 Å². The molecule has 2 rings (SSSR count). The summed E-state index contributed by atoms with van der Waals surface area (Å²) in [6.07, 6.45) is 5.41. The molecular weight excluding hydrogens is 419 g/mol. The first-order valence-corrected chi connectivity index (χ1v) is 8.20. The van der Waals surface area contributed by atoms with Gasteiger partial charge in [0.1, 0.15) is 3.70 Å². The van der Waals surface area contributed by atoms with Crippen molar-refractivity contribution < 1.29 is 0 Å². The minimum absolute atomic E-state index is 0.592. The molecule has 0 spiro atoms. The van der Waals surface area contributed by atoms with Gasteiger partial charge >= 0.3 is 0 Å². The normalized spacial score (nSPS) is 16.2. The molecule has 104 valence electrons. The van der Waals surface area contributed by atoms with E-state index >= 15 is 0 Å². The van der Waals surface area contributed by atoms with E-state index in [4.69, 9.17) is 5.41 Å². The Hall–Kier alpha value is -0.370. The molecule has 19 heavy (non-hydrogen) atoms. The van der Waals surface area contributed by atoms with Crippen LogP contribution >= 0.6 is 38.5 Å². The average molecular weight is 437 g/mol. The maximum atomic E-state index is 7.95. The molecule has 1 aliphatic rings. The van der Waals surface area contributed by atoms with Gasteiger partial charge in [-0.1, -0.05) is 0 Å². The molecule has 0 saturated heterocycles. The number of aryl methyl sites for hydroxylation is 1. The van der Waals surface area contributed by atoms with Gasteiger partial charge in [0, 0.05) is 43.1 Å². The highest BCUT2D eigenvalue weighted by atomic mass is 127. The summed E-state index contributed by atoms with van der Waals surface area (Å²) in [5.41, 5.74) is 2.76. The second-order valence-electron chi connectivity index (χ2n) is 5.04. The number of hydrogen-bond acceptors (Lipinski definition) is 3. The van der Waals surface area contributed by atoms with Crippen molar-refractivity contribution in [3.05, 3.63) is 25.6 Å². The van der Waals surface area contributed by atoms with E-state index in [1.807, 2.05) is 24.9 Å². The third kappa shape index (κ3) is 4.30.